The predicted molar refractivity (Wildman–Crippen MR) is 186 cm³/mol. The third-order valence-electron chi connectivity index (χ3n) is 7.40. The van der Waals surface area contributed by atoms with Gasteiger partial charge in [0.2, 0.25) is 0 Å². The number of allylic oxidation sites excluding steroid dienone is 4. The van der Waals surface area contributed by atoms with Gasteiger partial charge in [-0.1, -0.05) is 116 Å². The molecule has 4 nitrogen and oxygen atoms in total. The standard InChI is InChI=1S/C26H32N2.C10H13ClO.C2H5N/c1-4-25-17-11-12-22(2)26(25)27(3)18-19-28(20-23-13-7-5-8-14-23)21-24-15-9-6-10-16-24;1-2-10(12)8-4-3-5-9(11)7-6-8;1-2-3/h5-17H,4,18-21H2,1-3H3;5-8H,2-4H2,1H3;2-3H,1H3. The molecular formula is C38H50ClN3O. The Balaban J connectivity index is 0.000000357. The van der Waals surface area contributed by atoms with Gasteiger partial charge in [0.25, 0.3) is 0 Å². The van der Waals surface area contributed by atoms with Gasteiger partial charge in [0, 0.05) is 56.3 Å². The Morgan fingerprint density at radius 2 is 1.51 bits per heavy atom. The Labute approximate surface area is 265 Å². The van der Waals surface area contributed by atoms with Gasteiger partial charge >= 0.3 is 0 Å². The van der Waals surface area contributed by atoms with E-state index in [1.807, 2.05) is 25.2 Å². The minimum Gasteiger partial charge on any atom is -0.373 e. The highest BCUT2D eigenvalue weighted by molar-refractivity contribution is 6.31. The van der Waals surface area contributed by atoms with E-state index in [0.29, 0.717) is 12.2 Å². The molecule has 43 heavy (non-hydrogen) atoms. The number of Topliss-reactive ketones (excluding diaryl/α,β-unsaturated/α-hetero) is 1. The van der Waals surface area contributed by atoms with E-state index in [9.17, 15) is 4.79 Å². The van der Waals surface area contributed by atoms with Gasteiger partial charge in [0.15, 0.2) is 0 Å². The molecule has 0 spiro atoms. The van der Waals surface area contributed by atoms with E-state index in [1.54, 1.807) is 6.92 Å². The number of benzene rings is 3. The molecule has 5 heteroatoms. The first kappa shape index (κ1) is 35.7. The van der Waals surface area contributed by atoms with Crippen LogP contribution in [0.2, 0.25) is 0 Å². The molecule has 0 saturated heterocycles. The average molecular weight is 600 g/mol. The fraction of sp³-hybridized carbons (Fsp3) is 0.368. The quantitative estimate of drug-likeness (QED) is 0.223. The Morgan fingerprint density at radius 1 is 0.930 bits per heavy atom. The van der Waals surface area contributed by atoms with Crippen molar-refractivity contribution in [2.24, 2.45) is 5.92 Å². The lowest BCUT2D eigenvalue weighted by Gasteiger charge is -2.29. The lowest BCUT2D eigenvalue weighted by molar-refractivity contribution is -0.121. The maximum Gasteiger partial charge on any atom is 0.139 e. The van der Waals surface area contributed by atoms with Gasteiger partial charge in [-0.3, -0.25) is 9.69 Å². The van der Waals surface area contributed by atoms with Crippen LogP contribution < -0.4 is 4.90 Å². The van der Waals surface area contributed by atoms with Crippen molar-refractivity contribution in [2.45, 2.75) is 66.5 Å². The number of hydrogen-bond acceptors (Lipinski definition) is 4. The molecule has 0 saturated carbocycles. The summed E-state index contributed by atoms with van der Waals surface area (Å²) >= 11 is 5.80. The second-order valence-electron chi connectivity index (χ2n) is 10.8. The monoisotopic (exact) mass is 599 g/mol. The van der Waals surface area contributed by atoms with Crippen LogP contribution in [0.1, 0.15) is 62.3 Å². The van der Waals surface area contributed by atoms with Gasteiger partial charge in [-0.2, -0.15) is 0 Å². The highest BCUT2D eigenvalue weighted by Crippen LogP contribution is 2.25. The first-order chi connectivity index (χ1) is 20.8. The number of likely N-dealkylation sites (N-methyl/N-ethyl adjacent to an activating group) is 1. The number of carbonyl (C=O) groups excluding carboxylic acids is 1. The molecule has 230 valence electrons. The summed E-state index contributed by atoms with van der Waals surface area (Å²) in [7, 11) is 2.23. The number of nitrogens with zero attached hydrogens (tertiary/aromatic N) is 2. The van der Waals surface area contributed by atoms with E-state index >= 15 is 0 Å². The van der Waals surface area contributed by atoms with Crippen molar-refractivity contribution in [3.8, 4) is 0 Å². The second-order valence-corrected chi connectivity index (χ2v) is 11.2. The van der Waals surface area contributed by atoms with E-state index in [2.05, 4.69) is 110 Å². The fourth-order valence-corrected chi connectivity index (χ4v) is 5.34. The van der Waals surface area contributed by atoms with Gasteiger partial charge in [-0.15, -0.1) is 0 Å². The number of carbonyl (C=O) groups is 1. The van der Waals surface area contributed by atoms with E-state index in [4.69, 9.17) is 17.0 Å². The molecule has 1 aliphatic carbocycles. The number of para-hydroxylation sites is 1. The molecule has 0 aliphatic heterocycles. The summed E-state index contributed by atoms with van der Waals surface area (Å²) in [5.74, 6) is 0.397. The van der Waals surface area contributed by atoms with Crippen molar-refractivity contribution in [3.05, 3.63) is 124 Å². The molecule has 0 bridgehead atoms. The molecule has 0 fully saturated rings. The van der Waals surface area contributed by atoms with Crippen LogP contribution in [-0.2, 0) is 24.3 Å². The zero-order valence-electron chi connectivity index (χ0n) is 26.7. The molecular weight excluding hydrogens is 550 g/mol. The molecule has 0 heterocycles. The largest absolute Gasteiger partial charge is 0.373 e. The molecule has 0 radical (unpaired) electrons. The lowest BCUT2D eigenvalue weighted by Crippen LogP contribution is -2.33. The van der Waals surface area contributed by atoms with Gasteiger partial charge in [0.1, 0.15) is 5.78 Å². The molecule has 4 rings (SSSR count). The number of ketones is 1. The Bertz CT molecular complexity index is 1250. The van der Waals surface area contributed by atoms with Crippen LogP contribution in [0.5, 0.6) is 0 Å². The maximum absolute atomic E-state index is 11.3. The highest BCUT2D eigenvalue weighted by atomic mass is 35.5. The summed E-state index contributed by atoms with van der Waals surface area (Å²) in [5.41, 5.74) is 6.92. The predicted octanol–water partition coefficient (Wildman–Crippen LogP) is 9.41. The number of rotatable bonds is 11. The summed E-state index contributed by atoms with van der Waals surface area (Å²) in [5, 5.41) is 6.83. The smallest absolute Gasteiger partial charge is 0.139 e. The van der Waals surface area contributed by atoms with Gasteiger partial charge in [-0.25, -0.2) is 0 Å². The zero-order valence-corrected chi connectivity index (χ0v) is 27.5. The highest BCUT2D eigenvalue weighted by Gasteiger charge is 2.14. The number of nitrogens with one attached hydrogen (secondary N) is 1. The molecule has 1 atom stereocenters. The first-order valence-corrected chi connectivity index (χ1v) is 15.8. The van der Waals surface area contributed by atoms with Crippen LogP contribution in [0.4, 0.5) is 5.69 Å². The number of halogens is 1. The lowest BCUT2D eigenvalue weighted by atomic mass is 9.97. The van der Waals surface area contributed by atoms with Crippen LogP contribution in [0.15, 0.2) is 102 Å². The maximum atomic E-state index is 11.3. The summed E-state index contributed by atoms with van der Waals surface area (Å²) in [4.78, 5) is 16.3. The molecule has 0 amide bonds. The Morgan fingerprint density at radius 3 is 2.05 bits per heavy atom. The summed E-state index contributed by atoms with van der Waals surface area (Å²) in [6.07, 6.45) is 10.4. The van der Waals surface area contributed by atoms with Crippen LogP contribution in [0.3, 0.4) is 0 Å². The van der Waals surface area contributed by atoms with Crippen molar-refractivity contribution in [3.63, 3.8) is 0 Å². The van der Waals surface area contributed by atoms with Crippen molar-refractivity contribution < 1.29 is 4.79 Å². The molecule has 1 unspecified atom stereocenters. The summed E-state index contributed by atoms with van der Waals surface area (Å²) in [6.45, 7) is 12.0. The van der Waals surface area contributed by atoms with Crippen LogP contribution in [-0.4, -0.2) is 37.0 Å². The van der Waals surface area contributed by atoms with Gasteiger partial charge < -0.3 is 10.3 Å². The molecule has 3 aromatic rings. The van der Waals surface area contributed by atoms with E-state index in [0.717, 1.165) is 50.5 Å². The van der Waals surface area contributed by atoms with E-state index < -0.39 is 0 Å². The topological polar surface area (TPSA) is 47.4 Å². The minimum absolute atomic E-state index is 0.0856. The zero-order chi connectivity index (χ0) is 31.5. The summed E-state index contributed by atoms with van der Waals surface area (Å²) < 4.78 is 0. The van der Waals surface area contributed by atoms with Gasteiger partial charge in [-0.05, 0) is 67.7 Å². The molecule has 0 aromatic heterocycles. The third-order valence-corrected chi connectivity index (χ3v) is 7.68. The molecule has 3 aromatic carbocycles. The van der Waals surface area contributed by atoms with Gasteiger partial charge in [0.05, 0.1) is 0 Å². The first-order valence-electron chi connectivity index (χ1n) is 15.4. The van der Waals surface area contributed by atoms with Crippen molar-refractivity contribution in [1.29, 1.82) is 5.41 Å². The van der Waals surface area contributed by atoms with Crippen molar-refractivity contribution in [2.75, 3.05) is 25.0 Å². The number of aryl methyl sites for hydroxylation is 2. The molecule has 1 N–H and O–H groups in total. The third kappa shape index (κ3) is 13.1. The number of hydrogen-bond donors (Lipinski definition) is 1. The van der Waals surface area contributed by atoms with E-state index in [-0.39, 0.29) is 5.92 Å². The van der Waals surface area contributed by atoms with E-state index in [1.165, 1.54) is 34.2 Å². The van der Waals surface area contributed by atoms with Crippen molar-refractivity contribution >= 4 is 29.3 Å². The molecule has 1 aliphatic rings. The normalized spacial score (nSPS) is 13.9. The van der Waals surface area contributed by atoms with Crippen LogP contribution >= 0.6 is 11.6 Å². The SMILES string of the molecule is CC=N.CCC(=O)C1C=CC(Cl)=CCC1.CCc1cccc(C)c1N(C)CCN(Cc1ccccc1)Cc1ccccc1. The average Bonchev–Trinajstić information content (AvgIpc) is 3.25. The second kappa shape index (κ2) is 20.4. The van der Waals surface area contributed by atoms with Crippen LogP contribution in [0.25, 0.3) is 0 Å². The Hall–Kier alpha value is -3.47. The number of anilines is 1. The fourth-order valence-electron chi connectivity index (χ4n) is 5.16. The van der Waals surface area contributed by atoms with Crippen molar-refractivity contribution in [1.82, 2.24) is 4.90 Å². The Kier molecular flexibility index (Phi) is 17.0. The minimum atomic E-state index is 0.0856. The van der Waals surface area contributed by atoms with Crippen LogP contribution in [0, 0.1) is 18.3 Å². The summed E-state index contributed by atoms with van der Waals surface area (Å²) in [6, 6.07) is 28.2.